The third kappa shape index (κ3) is 4.54. The number of amides is 2. The van der Waals surface area contributed by atoms with Crippen LogP contribution < -0.4 is 5.32 Å². The molecule has 0 radical (unpaired) electrons. The van der Waals surface area contributed by atoms with Gasteiger partial charge in [-0.1, -0.05) is 35.1 Å². The summed E-state index contributed by atoms with van der Waals surface area (Å²) in [7, 11) is 0. The van der Waals surface area contributed by atoms with Gasteiger partial charge >= 0.3 is 0 Å². The first-order chi connectivity index (χ1) is 14.5. The van der Waals surface area contributed by atoms with Crippen molar-refractivity contribution in [3.63, 3.8) is 0 Å². The van der Waals surface area contributed by atoms with Gasteiger partial charge in [-0.3, -0.25) is 9.59 Å². The smallest absolute Gasteiger partial charge is 0.286 e. The van der Waals surface area contributed by atoms with Gasteiger partial charge in [0.15, 0.2) is 0 Å². The van der Waals surface area contributed by atoms with Crippen LogP contribution >= 0.6 is 11.3 Å². The number of nitrogens with zero attached hydrogens (tertiary/aromatic N) is 3. The van der Waals surface area contributed by atoms with Crippen molar-refractivity contribution in [1.29, 1.82) is 0 Å². The lowest BCUT2D eigenvalue weighted by molar-refractivity contribution is 0.0706. The first-order valence-electron chi connectivity index (χ1n) is 9.76. The fraction of sp³-hybridized carbons (Fsp3) is 0.273. The summed E-state index contributed by atoms with van der Waals surface area (Å²) in [6.07, 6.45) is 1.75. The first kappa shape index (κ1) is 20.2. The number of aryl methyl sites for hydroxylation is 1. The third-order valence-corrected chi connectivity index (χ3v) is 6.16. The number of carbonyl (C=O) groups is 2. The van der Waals surface area contributed by atoms with Crippen LogP contribution in [-0.2, 0) is 0 Å². The van der Waals surface area contributed by atoms with Crippen LogP contribution in [0.1, 0.15) is 49.5 Å². The summed E-state index contributed by atoms with van der Waals surface area (Å²) in [6, 6.07) is 13.3. The minimum atomic E-state index is -0.425. The van der Waals surface area contributed by atoms with Crippen LogP contribution in [0.3, 0.4) is 0 Å². The maximum atomic E-state index is 13.3. The van der Waals surface area contributed by atoms with Gasteiger partial charge in [0, 0.05) is 30.3 Å². The number of benzene rings is 2. The maximum Gasteiger partial charge on any atom is 0.286 e. The maximum absolute atomic E-state index is 13.3. The fourth-order valence-corrected chi connectivity index (χ4v) is 4.35. The predicted octanol–water partition coefficient (Wildman–Crippen LogP) is 4.26. The Hall–Kier alpha value is -3.13. The first-order valence-corrected chi connectivity index (χ1v) is 10.6. The van der Waals surface area contributed by atoms with Crippen LogP contribution in [0.4, 0.5) is 10.1 Å². The zero-order valence-corrected chi connectivity index (χ0v) is 17.3. The van der Waals surface area contributed by atoms with Crippen molar-refractivity contribution in [3.05, 3.63) is 75.5 Å². The lowest BCUT2D eigenvalue weighted by Crippen LogP contribution is -2.39. The van der Waals surface area contributed by atoms with E-state index in [4.69, 9.17) is 0 Å². The van der Waals surface area contributed by atoms with Gasteiger partial charge in [0.1, 0.15) is 10.8 Å². The third-order valence-electron chi connectivity index (χ3n) is 5.07. The minimum absolute atomic E-state index is 0.00767. The monoisotopic (exact) mass is 424 g/mol. The van der Waals surface area contributed by atoms with Gasteiger partial charge < -0.3 is 10.2 Å². The van der Waals surface area contributed by atoms with Crippen molar-refractivity contribution in [2.24, 2.45) is 0 Å². The SMILES string of the molecule is Cc1ccc(C(=O)N2CCCC(c3nnc(C(=O)Nc4cccc(F)c4)s3)C2)cc1. The van der Waals surface area contributed by atoms with E-state index in [0.29, 0.717) is 24.3 Å². The molecule has 154 valence electrons. The van der Waals surface area contributed by atoms with E-state index < -0.39 is 11.7 Å². The van der Waals surface area contributed by atoms with Crippen LogP contribution in [0, 0.1) is 12.7 Å². The van der Waals surface area contributed by atoms with Crippen LogP contribution in [0.5, 0.6) is 0 Å². The second-order valence-electron chi connectivity index (χ2n) is 7.37. The molecule has 1 aliphatic heterocycles. The lowest BCUT2D eigenvalue weighted by Gasteiger charge is -2.31. The number of carbonyl (C=O) groups excluding carboxylic acids is 2. The molecular formula is C22H21FN4O2S. The highest BCUT2D eigenvalue weighted by Crippen LogP contribution is 2.30. The fourth-order valence-electron chi connectivity index (χ4n) is 3.48. The number of aromatic nitrogens is 2. The lowest BCUT2D eigenvalue weighted by atomic mass is 9.98. The molecule has 0 aliphatic carbocycles. The highest BCUT2D eigenvalue weighted by Gasteiger charge is 2.28. The number of halogens is 1. The van der Waals surface area contributed by atoms with Crippen molar-refractivity contribution in [3.8, 4) is 0 Å². The van der Waals surface area contributed by atoms with E-state index in [1.54, 1.807) is 6.07 Å². The topological polar surface area (TPSA) is 75.2 Å². The summed E-state index contributed by atoms with van der Waals surface area (Å²) in [5, 5.41) is 11.8. The molecule has 0 saturated carbocycles. The van der Waals surface area contributed by atoms with Gasteiger partial charge in [0.25, 0.3) is 11.8 Å². The molecule has 1 N–H and O–H groups in total. The highest BCUT2D eigenvalue weighted by atomic mass is 32.1. The molecular weight excluding hydrogens is 403 g/mol. The standard InChI is InChI=1S/C22H21FN4O2S/c1-14-7-9-15(10-8-14)22(29)27-11-3-4-16(13-27)20-25-26-21(30-20)19(28)24-18-6-2-5-17(23)12-18/h2,5-10,12,16H,3-4,11,13H2,1H3,(H,24,28). The van der Waals surface area contributed by atoms with E-state index in [2.05, 4.69) is 15.5 Å². The van der Waals surface area contributed by atoms with Crippen molar-refractivity contribution in [2.45, 2.75) is 25.7 Å². The highest BCUT2D eigenvalue weighted by molar-refractivity contribution is 7.13. The van der Waals surface area contributed by atoms with Gasteiger partial charge in [-0.25, -0.2) is 4.39 Å². The van der Waals surface area contributed by atoms with Crippen LogP contribution in [0.15, 0.2) is 48.5 Å². The number of hydrogen-bond donors (Lipinski definition) is 1. The number of likely N-dealkylation sites (tertiary alicyclic amines) is 1. The summed E-state index contributed by atoms with van der Waals surface area (Å²) in [5.41, 5.74) is 2.15. The molecule has 1 fully saturated rings. The van der Waals surface area contributed by atoms with E-state index in [-0.39, 0.29) is 16.8 Å². The molecule has 4 rings (SSSR count). The van der Waals surface area contributed by atoms with E-state index in [9.17, 15) is 14.0 Å². The van der Waals surface area contributed by atoms with Gasteiger partial charge in [0.2, 0.25) is 5.01 Å². The molecule has 1 aromatic heterocycles. The molecule has 30 heavy (non-hydrogen) atoms. The molecule has 6 nitrogen and oxygen atoms in total. The molecule has 0 bridgehead atoms. The van der Waals surface area contributed by atoms with Gasteiger partial charge in [-0.15, -0.1) is 10.2 Å². The number of rotatable bonds is 4. The zero-order valence-electron chi connectivity index (χ0n) is 16.5. The molecule has 0 spiro atoms. The number of nitrogens with one attached hydrogen (secondary N) is 1. The summed E-state index contributed by atoms with van der Waals surface area (Å²) in [4.78, 5) is 27.1. The Bertz CT molecular complexity index is 1070. The second kappa shape index (κ2) is 8.71. The predicted molar refractivity (Wildman–Crippen MR) is 113 cm³/mol. The van der Waals surface area contributed by atoms with Crippen molar-refractivity contribution < 1.29 is 14.0 Å². The van der Waals surface area contributed by atoms with E-state index in [1.807, 2.05) is 36.1 Å². The molecule has 3 aromatic rings. The number of hydrogen-bond acceptors (Lipinski definition) is 5. The summed E-state index contributed by atoms with van der Waals surface area (Å²) < 4.78 is 13.3. The molecule has 8 heteroatoms. The Kier molecular flexibility index (Phi) is 5.85. The Morgan fingerprint density at radius 3 is 2.73 bits per heavy atom. The van der Waals surface area contributed by atoms with E-state index >= 15 is 0 Å². The zero-order chi connectivity index (χ0) is 21.1. The quantitative estimate of drug-likeness (QED) is 0.679. The van der Waals surface area contributed by atoms with Crippen molar-refractivity contribution >= 4 is 28.8 Å². The summed E-state index contributed by atoms with van der Waals surface area (Å²) in [5.74, 6) is -0.798. The minimum Gasteiger partial charge on any atom is -0.338 e. The van der Waals surface area contributed by atoms with Crippen molar-refractivity contribution in [2.75, 3.05) is 18.4 Å². The number of piperidine rings is 1. The number of anilines is 1. The Morgan fingerprint density at radius 1 is 1.17 bits per heavy atom. The second-order valence-corrected chi connectivity index (χ2v) is 8.38. The molecule has 2 heterocycles. The molecule has 2 aromatic carbocycles. The molecule has 1 unspecified atom stereocenters. The largest absolute Gasteiger partial charge is 0.338 e. The Labute approximate surface area is 177 Å². The molecule has 1 saturated heterocycles. The normalized spacial score (nSPS) is 16.3. The molecule has 1 aliphatic rings. The van der Waals surface area contributed by atoms with Gasteiger partial charge in [0.05, 0.1) is 0 Å². The molecule has 1 atom stereocenters. The average Bonchev–Trinajstić information content (AvgIpc) is 3.24. The van der Waals surface area contributed by atoms with Crippen LogP contribution in [0.2, 0.25) is 0 Å². The molecule has 2 amide bonds. The van der Waals surface area contributed by atoms with Gasteiger partial charge in [-0.2, -0.15) is 0 Å². The van der Waals surface area contributed by atoms with Crippen molar-refractivity contribution in [1.82, 2.24) is 15.1 Å². The van der Waals surface area contributed by atoms with Crippen LogP contribution in [0.25, 0.3) is 0 Å². The summed E-state index contributed by atoms with van der Waals surface area (Å²) >= 11 is 1.22. The Balaban J connectivity index is 1.43. The summed E-state index contributed by atoms with van der Waals surface area (Å²) in [6.45, 7) is 3.24. The van der Waals surface area contributed by atoms with E-state index in [1.165, 1.54) is 29.5 Å². The van der Waals surface area contributed by atoms with Gasteiger partial charge in [-0.05, 0) is 50.1 Å². The Morgan fingerprint density at radius 2 is 1.97 bits per heavy atom. The van der Waals surface area contributed by atoms with E-state index in [0.717, 1.165) is 23.4 Å². The van der Waals surface area contributed by atoms with Crippen LogP contribution in [-0.4, -0.2) is 40.0 Å². The average molecular weight is 425 g/mol.